The van der Waals surface area contributed by atoms with Crippen LogP contribution in [0.1, 0.15) is 10.4 Å². The predicted octanol–water partition coefficient (Wildman–Crippen LogP) is 4.57. The van der Waals surface area contributed by atoms with E-state index in [4.69, 9.17) is 11.6 Å². The molecule has 1 heterocycles. The molecule has 0 saturated carbocycles. The van der Waals surface area contributed by atoms with Crippen molar-refractivity contribution in [3.05, 3.63) is 40.9 Å². The third-order valence-electron chi connectivity index (χ3n) is 2.15. The van der Waals surface area contributed by atoms with Crippen LogP contribution in [0.25, 0.3) is 10.6 Å². The van der Waals surface area contributed by atoms with E-state index >= 15 is 0 Å². The SMILES string of the molecule is FC(F)(F)c1ccccc1-c1ncc(CCl)s1. The highest BCUT2D eigenvalue weighted by atomic mass is 35.5. The van der Waals surface area contributed by atoms with Crippen LogP contribution < -0.4 is 0 Å². The lowest BCUT2D eigenvalue weighted by Crippen LogP contribution is -2.06. The number of aromatic nitrogens is 1. The molecular formula is C11H7ClF3NS. The average Bonchev–Trinajstić information content (AvgIpc) is 2.76. The van der Waals surface area contributed by atoms with Gasteiger partial charge in [0, 0.05) is 16.6 Å². The summed E-state index contributed by atoms with van der Waals surface area (Å²) in [5.41, 5.74) is -0.572. The molecule has 90 valence electrons. The largest absolute Gasteiger partial charge is 0.417 e. The molecule has 0 fully saturated rings. The first-order chi connectivity index (χ1) is 8.02. The van der Waals surface area contributed by atoms with E-state index in [1.54, 1.807) is 6.07 Å². The van der Waals surface area contributed by atoms with Gasteiger partial charge in [0.1, 0.15) is 5.01 Å². The lowest BCUT2D eigenvalue weighted by molar-refractivity contribution is -0.137. The lowest BCUT2D eigenvalue weighted by Gasteiger charge is -2.10. The van der Waals surface area contributed by atoms with E-state index < -0.39 is 11.7 Å². The van der Waals surface area contributed by atoms with Crippen LogP contribution >= 0.6 is 22.9 Å². The fraction of sp³-hybridized carbons (Fsp3) is 0.182. The first kappa shape index (κ1) is 12.4. The molecule has 1 aromatic carbocycles. The fourth-order valence-electron chi connectivity index (χ4n) is 1.41. The van der Waals surface area contributed by atoms with Crippen LogP contribution in [0.5, 0.6) is 0 Å². The van der Waals surface area contributed by atoms with E-state index in [0.29, 0.717) is 5.01 Å². The second-order valence-corrected chi connectivity index (χ2v) is 4.69. The second-order valence-electron chi connectivity index (χ2n) is 3.31. The Bertz CT molecular complexity index is 521. The number of rotatable bonds is 2. The standard InChI is InChI=1S/C11H7ClF3NS/c12-5-7-6-16-10(17-7)8-3-1-2-4-9(8)11(13,14)15/h1-4,6H,5H2. The molecule has 0 aliphatic carbocycles. The van der Waals surface area contributed by atoms with Gasteiger partial charge in [-0.1, -0.05) is 18.2 Å². The van der Waals surface area contributed by atoms with E-state index in [0.717, 1.165) is 10.9 Å². The molecule has 2 rings (SSSR count). The third-order valence-corrected chi connectivity index (χ3v) is 3.63. The molecule has 2 aromatic rings. The Morgan fingerprint density at radius 1 is 1.24 bits per heavy atom. The van der Waals surface area contributed by atoms with Gasteiger partial charge >= 0.3 is 6.18 Å². The zero-order valence-electron chi connectivity index (χ0n) is 8.46. The van der Waals surface area contributed by atoms with Crippen molar-refractivity contribution in [3.63, 3.8) is 0 Å². The van der Waals surface area contributed by atoms with E-state index in [1.807, 2.05) is 0 Å². The van der Waals surface area contributed by atoms with Crippen molar-refractivity contribution < 1.29 is 13.2 Å². The number of halogens is 4. The molecular weight excluding hydrogens is 271 g/mol. The Balaban J connectivity index is 2.52. The highest BCUT2D eigenvalue weighted by Crippen LogP contribution is 2.38. The molecule has 0 aliphatic heterocycles. The number of nitrogens with zero attached hydrogens (tertiary/aromatic N) is 1. The van der Waals surface area contributed by atoms with Gasteiger partial charge in [0.2, 0.25) is 0 Å². The summed E-state index contributed by atoms with van der Waals surface area (Å²) < 4.78 is 38.3. The summed E-state index contributed by atoms with van der Waals surface area (Å²) in [6.45, 7) is 0. The van der Waals surface area contributed by atoms with Crippen molar-refractivity contribution in [3.8, 4) is 10.6 Å². The maximum absolute atomic E-state index is 12.8. The number of thiazole rings is 1. The van der Waals surface area contributed by atoms with Crippen molar-refractivity contribution in [1.82, 2.24) is 4.98 Å². The van der Waals surface area contributed by atoms with E-state index in [9.17, 15) is 13.2 Å². The van der Waals surface area contributed by atoms with Crippen LogP contribution in [0.3, 0.4) is 0 Å². The van der Waals surface area contributed by atoms with Gasteiger partial charge in [0.05, 0.1) is 11.4 Å². The minimum atomic E-state index is -4.37. The smallest absolute Gasteiger partial charge is 0.244 e. The van der Waals surface area contributed by atoms with Gasteiger partial charge < -0.3 is 0 Å². The van der Waals surface area contributed by atoms with Crippen LogP contribution in [0, 0.1) is 0 Å². The molecule has 0 atom stereocenters. The summed E-state index contributed by atoms with van der Waals surface area (Å²) in [5.74, 6) is 0.256. The average molecular weight is 278 g/mol. The lowest BCUT2D eigenvalue weighted by atomic mass is 10.1. The molecule has 0 amide bonds. The Kier molecular flexibility index (Phi) is 3.40. The van der Waals surface area contributed by atoms with E-state index in [1.165, 1.54) is 29.7 Å². The highest BCUT2D eigenvalue weighted by molar-refractivity contribution is 7.15. The van der Waals surface area contributed by atoms with Crippen molar-refractivity contribution >= 4 is 22.9 Å². The first-order valence-corrected chi connectivity index (χ1v) is 6.04. The van der Waals surface area contributed by atoms with Crippen molar-refractivity contribution in [2.24, 2.45) is 0 Å². The molecule has 0 aliphatic rings. The summed E-state index contributed by atoms with van der Waals surface area (Å²) in [5, 5.41) is 0.341. The van der Waals surface area contributed by atoms with Crippen molar-refractivity contribution in [2.45, 2.75) is 12.1 Å². The van der Waals surface area contributed by atoms with Crippen LogP contribution in [-0.2, 0) is 12.1 Å². The Labute approximate surface area is 105 Å². The molecule has 0 radical (unpaired) electrons. The third kappa shape index (κ3) is 2.61. The summed E-state index contributed by atoms with van der Waals surface area (Å²) >= 11 is 6.78. The number of hydrogen-bond acceptors (Lipinski definition) is 2. The quantitative estimate of drug-likeness (QED) is 0.733. The van der Waals surface area contributed by atoms with Crippen LogP contribution in [-0.4, -0.2) is 4.98 Å². The summed E-state index contributed by atoms with van der Waals surface area (Å²) in [6, 6.07) is 5.39. The molecule has 0 N–H and O–H groups in total. The molecule has 1 aromatic heterocycles. The molecule has 0 saturated heterocycles. The molecule has 6 heteroatoms. The first-order valence-electron chi connectivity index (χ1n) is 4.69. The van der Waals surface area contributed by atoms with Gasteiger partial charge in [-0.05, 0) is 6.07 Å². The number of alkyl halides is 4. The van der Waals surface area contributed by atoms with Gasteiger partial charge in [-0.2, -0.15) is 13.2 Å². The van der Waals surface area contributed by atoms with E-state index in [2.05, 4.69) is 4.98 Å². The van der Waals surface area contributed by atoms with Gasteiger partial charge in [0.15, 0.2) is 0 Å². The van der Waals surface area contributed by atoms with Crippen LogP contribution in [0.15, 0.2) is 30.5 Å². The monoisotopic (exact) mass is 277 g/mol. The summed E-state index contributed by atoms with van der Waals surface area (Å²) in [7, 11) is 0. The van der Waals surface area contributed by atoms with Gasteiger partial charge in [0.25, 0.3) is 0 Å². The predicted molar refractivity (Wildman–Crippen MR) is 62.1 cm³/mol. The Morgan fingerprint density at radius 3 is 2.53 bits per heavy atom. The Hall–Kier alpha value is -1.07. The highest BCUT2D eigenvalue weighted by Gasteiger charge is 2.33. The van der Waals surface area contributed by atoms with Crippen molar-refractivity contribution in [2.75, 3.05) is 0 Å². The van der Waals surface area contributed by atoms with E-state index in [-0.39, 0.29) is 11.4 Å². The fourth-order valence-corrected chi connectivity index (χ4v) is 2.44. The zero-order valence-corrected chi connectivity index (χ0v) is 10.0. The number of benzene rings is 1. The van der Waals surface area contributed by atoms with Gasteiger partial charge in [-0.15, -0.1) is 22.9 Å². The number of hydrogen-bond donors (Lipinski definition) is 0. The van der Waals surface area contributed by atoms with Crippen molar-refractivity contribution in [1.29, 1.82) is 0 Å². The van der Waals surface area contributed by atoms with Gasteiger partial charge in [-0.25, -0.2) is 4.98 Å². The summed E-state index contributed by atoms with van der Waals surface area (Å²) in [4.78, 5) is 4.71. The zero-order chi connectivity index (χ0) is 12.5. The topological polar surface area (TPSA) is 12.9 Å². The Morgan fingerprint density at radius 2 is 1.94 bits per heavy atom. The maximum atomic E-state index is 12.8. The van der Waals surface area contributed by atoms with Gasteiger partial charge in [-0.3, -0.25) is 0 Å². The molecule has 0 unspecified atom stereocenters. The minimum absolute atomic E-state index is 0.0985. The molecule has 1 nitrogen and oxygen atoms in total. The minimum Gasteiger partial charge on any atom is -0.244 e. The van der Waals surface area contributed by atoms with Crippen LogP contribution in [0.4, 0.5) is 13.2 Å². The second kappa shape index (κ2) is 4.66. The normalized spacial score (nSPS) is 11.8. The molecule has 0 spiro atoms. The summed E-state index contributed by atoms with van der Waals surface area (Å²) in [6.07, 6.45) is -2.87. The maximum Gasteiger partial charge on any atom is 0.417 e. The molecule has 17 heavy (non-hydrogen) atoms. The van der Waals surface area contributed by atoms with Crippen LogP contribution in [0.2, 0.25) is 0 Å². The molecule has 0 bridgehead atoms.